The van der Waals surface area contributed by atoms with Crippen LogP contribution in [0.2, 0.25) is 0 Å². The number of carbonyl (C=O) groups is 1. The van der Waals surface area contributed by atoms with Gasteiger partial charge in [0.2, 0.25) is 0 Å². The molecule has 0 N–H and O–H groups in total. The average Bonchev–Trinajstić information content (AvgIpc) is 3.09. The van der Waals surface area contributed by atoms with Gasteiger partial charge in [-0.15, -0.1) is 0 Å². The third-order valence-electron chi connectivity index (χ3n) is 5.46. The lowest BCUT2D eigenvalue weighted by Gasteiger charge is -2.39. The summed E-state index contributed by atoms with van der Waals surface area (Å²) in [6.07, 6.45) is 3.34. The van der Waals surface area contributed by atoms with E-state index in [-0.39, 0.29) is 11.3 Å². The fourth-order valence-electron chi connectivity index (χ4n) is 4.96. The first-order chi connectivity index (χ1) is 11.4. The molecule has 1 saturated heterocycles. The molecule has 2 aromatic rings. The number of nitrogens with zero attached hydrogens (tertiary/aromatic N) is 2. The number of carbonyl (C=O) groups excluding carboxylic acids is 1. The first kappa shape index (κ1) is 15.4. The van der Waals surface area contributed by atoms with E-state index in [1.54, 1.807) is 6.07 Å². The van der Waals surface area contributed by atoms with Gasteiger partial charge in [-0.25, -0.2) is 0 Å². The van der Waals surface area contributed by atoms with E-state index in [1.165, 1.54) is 6.42 Å². The van der Waals surface area contributed by atoms with Crippen LogP contribution in [0.3, 0.4) is 0 Å². The molecule has 1 aliphatic heterocycles. The third-order valence-corrected chi connectivity index (χ3v) is 5.46. The van der Waals surface area contributed by atoms with Gasteiger partial charge in [0.1, 0.15) is 0 Å². The second-order valence-electron chi connectivity index (χ2n) is 8.59. The maximum absolute atomic E-state index is 13.0. The van der Waals surface area contributed by atoms with Crippen molar-refractivity contribution in [1.82, 2.24) is 10.1 Å². The van der Waals surface area contributed by atoms with Crippen molar-refractivity contribution in [3.05, 3.63) is 42.1 Å². The maximum Gasteiger partial charge on any atom is 0.276 e. The van der Waals surface area contributed by atoms with Gasteiger partial charge < -0.3 is 9.42 Å². The highest BCUT2D eigenvalue weighted by Gasteiger charge is 2.51. The Kier molecular flexibility index (Phi) is 3.34. The highest BCUT2D eigenvalue weighted by molar-refractivity contribution is 5.93. The normalized spacial score (nSPS) is 28.1. The zero-order valence-corrected chi connectivity index (χ0v) is 14.6. The number of benzene rings is 1. The van der Waals surface area contributed by atoms with E-state index in [2.05, 4.69) is 25.9 Å². The molecule has 2 heterocycles. The Hall–Kier alpha value is -2.10. The highest BCUT2D eigenvalue weighted by atomic mass is 16.5. The highest BCUT2D eigenvalue weighted by Crippen LogP contribution is 2.52. The number of fused-ring (bicyclic) bond motifs is 2. The van der Waals surface area contributed by atoms with Crippen molar-refractivity contribution in [2.75, 3.05) is 6.54 Å². The van der Waals surface area contributed by atoms with E-state index >= 15 is 0 Å². The minimum absolute atomic E-state index is 0.00681. The topological polar surface area (TPSA) is 46.3 Å². The lowest BCUT2D eigenvalue weighted by atomic mass is 9.65. The van der Waals surface area contributed by atoms with E-state index in [0.29, 0.717) is 22.9 Å². The molecule has 2 fully saturated rings. The molecule has 126 valence electrons. The maximum atomic E-state index is 13.0. The number of rotatable bonds is 2. The van der Waals surface area contributed by atoms with Gasteiger partial charge in [-0.1, -0.05) is 56.3 Å². The van der Waals surface area contributed by atoms with Gasteiger partial charge in [0.25, 0.3) is 5.91 Å². The van der Waals surface area contributed by atoms with E-state index in [1.807, 2.05) is 35.2 Å². The van der Waals surface area contributed by atoms with Gasteiger partial charge in [0.15, 0.2) is 11.5 Å². The lowest BCUT2D eigenvalue weighted by Crippen LogP contribution is -2.37. The largest absolute Gasteiger partial charge is 0.355 e. The Labute approximate surface area is 142 Å². The van der Waals surface area contributed by atoms with Crippen molar-refractivity contribution in [3.8, 4) is 11.3 Å². The van der Waals surface area contributed by atoms with Crippen molar-refractivity contribution in [3.63, 3.8) is 0 Å². The van der Waals surface area contributed by atoms with Crippen LogP contribution in [-0.2, 0) is 0 Å². The minimum Gasteiger partial charge on any atom is -0.355 e. The summed E-state index contributed by atoms with van der Waals surface area (Å²) in [5.74, 6) is 0.653. The molecule has 1 aromatic carbocycles. The van der Waals surface area contributed by atoms with Crippen molar-refractivity contribution in [2.24, 2.45) is 10.8 Å². The fraction of sp³-hybridized carbons (Fsp3) is 0.500. The van der Waals surface area contributed by atoms with Gasteiger partial charge in [-0.3, -0.25) is 4.79 Å². The molecule has 1 aliphatic carbocycles. The Morgan fingerprint density at radius 1 is 1.21 bits per heavy atom. The molecular formula is C20H24N2O2. The minimum atomic E-state index is 0.00681. The molecule has 1 aromatic heterocycles. The smallest absolute Gasteiger partial charge is 0.276 e. The van der Waals surface area contributed by atoms with Crippen LogP contribution >= 0.6 is 0 Å². The number of aromatic nitrogens is 1. The van der Waals surface area contributed by atoms with Gasteiger partial charge in [0.05, 0.1) is 0 Å². The van der Waals surface area contributed by atoms with Crippen molar-refractivity contribution in [2.45, 2.75) is 46.1 Å². The Morgan fingerprint density at radius 2 is 1.96 bits per heavy atom. The summed E-state index contributed by atoms with van der Waals surface area (Å²) in [5.41, 5.74) is 1.89. The summed E-state index contributed by atoms with van der Waals surface area (Å²) in [7, 11) is 0. The van der Waals surface area contributed by atoms with Gasteiger partial charge >= 0.3 is 0 Å². The van der Waals surface area contributed by atoms with Crippen LogP contribution in [-0.4, -0.2) is 28.6 Å². The number of amides is 1. The summed E-state index contributed by atoms with van der Waals surface area (Å²) >= 11 is 0. The average molecular weight is 324 g/mol. The zero-order valence-electron chi connectivity index (χ0n) is 14.6. The number of hydrogen-bond acceptors (Lipinski definition) is 3. The van der Waals surface area contributed by atoms with Gasteiger partial charge in [-0.05, 0) is 30.1 Å². The van der Waals surface area contributed by atoms with Crippen LogP contribution in [0.25, 0.3) is 11.3 Å². The van der Waals surface area contributed by atoms with E-state index in [4.69, 9.17) is 4.52 Å². The lowest BCUT2D eigenvalue weighted by molar-refractivity contribution is 0.0698. The molecule has 1 amide bonds. The summed E-state index contributed by atoms with van der Waals surface area (Å²) < 4.78 is 5.41. The zero-order chi connectivity index (χ0) is 16.9. The molecule has 1 saturated carbocycles. The van der Waals surface area contributed by atoms with Crippen molar-refractivity contribution in [1.29, 1.82) is 0 Å². The molecule has 4 rings (SSSR count). The van der Waals surface area contributed by atoms with E-state index < -0.39 is 0 Å². The molecular weight excluding hydrogens is 300 g/mol. The molecule has 2 atom stereocenters. The first-order valence-corrected chi connectivity index (χ1v) is 8.68. The molecule has 2 bridgehead atoms. The third kappa shape index (κ3) is 2.64. The molecule has 24 heavy (non-hydrogen) atoms. The summed E-state index contributed by atoms with van der Waals surface area (Å²) in [5, 5.41) is 4.04. The van der Waals surface area contributed by atoms with Gasteiger partial charge in [-0.2, -0.15) is 0 Å². The summed E-state index contributed by atoms with van der Waals surface area (Å²) in [4.78, 5) is 15.0. The summed E-state index contributed by atoms with van der Waals surface area (Å²) in [6, 6.07) is 11.9. The first-order valence-electron chi connectivity index (χ1n) is 8.68. The van der Waals surface area contributed by atoms with Crippen LogP contribution in [0.5, 0.6) is 0 Å². The Morgan fingerprint density at radius 3 is 2.71 bits per heavy atom. The van der Waals surface area contributed by atoms with Crippen molar-refractivity contribution >= 4 is 5.91 Å². The molecule has 0 unspecified atom stereocenters. The molecule has 0 radical (unpaired) electrons. The molecule has 4 nitrogen and oxygen atoms in total. The van der Waals surface area contributed by atoms with Crippen molar-refractivity contribution < 1.29 is 9.32 Å². The Bertz CT molecular complexity index is 765. The van der Waals surface area contributed by atoms with Crippen LogP contribution in [0.15, 0.2) is 40.9 Å². The monoisotopic (exact) mass is 324 g/mol. The van der Waals surface area contributed by atoms with Crippen LogP contribution < -0.4 is 0 Å². The van der Waals surface area contributed by atoms with Crippen LogP contribution in [0, 0.1) is 10.8 Å². The quantitative estimate of drug-likeness (QED) is 0.823. The predicted molar refractivity (Wildman–Crippen MR) is 92.5 cm³/mol. The van der Waals surface area contributed by atoms with Crippen LogP contribution in [0.1, 0.15) is 50.5 Å². The Balaban J connectivity index is 1.58. The standard InChI is InChI=1S/C20H24N2O2/c1-19(2)10-15-11-20(3,12-19)13-22(15)18(23)16-9-17(24-21-16)14-7-5-4-6-8-14/h4-9,15H,10-13H2,1-3H3/t15-,20-/m1/s1. The molecule has 0 spiro atoms. The van der Waals surface area contributed by atoms with Gasteiger partial charge in [0, 0.05) is 24.2 Å². The van der Waals surface area contributed by atoms with E-state index in [9.17, 15) is 4.79 Å². The second kappa shape index (κ2) is 5.20. The number of hydrogen-bond donors (Lipinski definition) is 0. The predicted octanol–water partition coefficient (Wildman–Crippen LogP) is 4.38. The van der Waals surface area contributed by atoms with Crippen LogP contribution in [0.4, 0.5) is 0 Å². The fourth-order valence-corrected chi connectivity index (χ4v) is 4.96. The van der Waals surface area contributed by atoms with E-state index in [0.717, 1.165) is 24.9 Å². The summed E-state index contributed by atoms with van der Waals surface area (Å²) in [6.45, 7) is 7.77. The number of likely N-dealkylation sites (tertiary alicyclic amines) is 1. The molecule has 4 heteroatoms. The second-order valence-corrected chi connectivity index (χ2v) is 8.59. The molecule has 2 aliphatic rings. The SMILES string of the molecule is CC1(C)C[C@@H]2C[C@@](C)(CN2C(=O)c2cc(-c3ccccc3)on2)C1.